The van der Waals surface area contributed by atoms with Gasteiger partial charge in [0.25, 0.3) is 0 Å². The summed E-state index contributed by atoms with van der Waals surface area (Å²) in [4.78, 5) is 11.0. The smallest absolute Gasteiger partial charge is 0.219 e. The fraction of sp³-hybridized carbons (Fsp3) is 0.900. The predicted octanol–water partition coefficient (Wildman–Crippen LogP) is 1.04. The minimum Gasteiger partial charge on any atom is -0.354 e. The van der Waals surface area contributed by atoms with E-state index in [0.717, 1.165) is 6.42 Å². The third-order valence-corrected chi connectivity index (χ3v) is 2.60. The predicted molar refractivity (Wildman–Crippen MR) is 53.5 cm³/mol. The second-order valence-electron chi connectivity index (χ2n) is 3.84. The molecule has 1 fully saturated rings. The van der Waals surface area contributed by atoms with Gasteiger partial charge in [0.05, 0.1) is 0 Å². The van der Waals surface area contributed by atoms with E-state index in [0.29, 0.717) is 18.5 Å². The maximum Gasteiger partial charge on any atom is 0.219 e. The quantitative estimate of drug-likeness (QED) is 0.670. The molecule has 1 saturated heterocycles. The van der Waals surface area contributed by atoms with Crippen molar-refractivity contribution in [2.24, 2.45) is 0 Å². The molecule has 0 radical (unpaired) electrons. The minimum absolute atomic E-state index is 0.161. The first-order valence-corrected chi connectivity index (χ1v) is 5.25. The zero-order valence-electron chi connectivity index (χ0n) is 8.60. The Labute approximate surface area is 80.3 Å². The van der Waals surface area contributed by atoms with Gasteiger partial charge in [-0.05, 0) is 32.7 Å². The van der Waals surface area contributed by atoms with Crippen molar-refractivity contribution >= 4 is 5.91 Å². The number of nitrogens with one attached hydrogen (secondary N) is 2. The first kappa shape index (κ1) is 10.5. The van der Waals surface area contributed by atoms with Gasteiger partial charge in [-0.3, -0.25) is 4.79 Å². The summed E-state index contributed by atoms with van der Waals surface area (Å²) in [5.74, 6) is 0.161. The number of amides is 1. The van der Waals surface area contributed by atoms with Crippen LogP contribution in [0.15, 0.2) is 0 Å². The van der Waals surface area contributed by atoms with Gasteiger partial charge < -0.3 is 10.6 Å². The molecule has 2 atom stereocenters. The summed E-state index contributed by atoms with van der Waals surface area (Å²) in [6.45, 7) is 5.13. The van der Waals surface area contributed by atoms with Crippen molar-refractivity contribution in [3.05, 3.63) is 0 Å². The number of hydrogen-bond acceptors (Lipinski definition) is 2. The summed E-state index contributed by atoms with van der Waals surface area (Å²) in [6.07, 6.45) is 4.16. The second kappa shape index (κ2) is 5.22. The van der Waals surface area contributed by atoms with Gasteiger partial charge in [-0.25, -0.2) is 0 Å². The van der Waals surface area contributed by atoms with Crippen molar-refractivity contribution in [1.29, 1.82) is 0 Å². The highest BCUT2D eigenvalue weighted by Gasteiger charge is 2.17. The van der Waals surface area contributed by atoms with E-state index in [1.807, 2.05) is 6.92 Å². The van der Waals surface area contributed by atoms with Crippen LogP contribution in [0.3, 0.4) is 0 Å². The van der Waals surface area contributed by atoms with Crippen LogP contribution in [-0.2, 0) is 4.79 Å². The lowest BCUT2D eigenvalue weighted by Crippen LogP contribution is -2.44. The normalized spacial score (nSPS) is 23.4. The van der Waals surface area contributed by atoms with Crippen LogP contribution in [0.1, 0.15) is 39.5 Å². The average Bonchev–Trinajstić information content (AvgIpc) is 2.01. The Balaban J connectivity index is 2.02. The van der Waals surface area contributed by atoms with Crippen LogP contribution in [-0.4, -0.2) is 24.5 Å². The molecule has 76 valence electrons. The van der Waals surface area contributed by atoms with Crippen molar-refractivity contribution in [1.82, 2.24) is 10.6 Å². The van der Waals surface area contributed by atoms with E-state index in [4.69, 9.17) is 0 Å². The molecule has 0 saturated carbocycles. The second-order valence-corrected chi connectivity index (χ2v) is 3.84. The molecule has 1 amide bonds. The standard InChI is InChI=1S/C10H20N2O/c1-3-10(13)12-8(2)4-5-9-6-7-11-9/h8-9,11H,3-7H2,1-2H3,(H,12,13). The largest absolute Gasteiger partial charge is 0.354 e. The van der Waals surface area contributed by atoms with E-state index in [1.165, 1.54) is 19.4 Å². The molecule has 0 aromatic heterocycles. The van der Waals surface area contributed by atoms with Gasteiger partial charge in [-0.15, -0.1) is 0 Å². The van der Waals surface area contributed by atoms with Crippen molar-refractivity contribution in [2.75, 3.05) is 6.54 Å². The van der Waals surface area contributed by atoms with Crippen LogP contribution < -0.4 is 10.6 Å². The van der Waals surface area contributed by atoms with Gasteiger partial charge in [-0.1, -0.05) is 6.92 Å². The third-order valence-electron chi connectivity index (χ3n) is 2.60. The van der Waals surface area contributed by atoms with Crippen LogP contribution in [0.2, 0.25) is 0 Å². The van der Waals surface area contributed by atoms with Gasteiger partial charge in [0.1, 0.15) is 0 Å². The molecule has 3 nitrogen and oxygen atoms in total. The van der Waals surface area contributed by atoms with E-state index in [2.05, 4.69) is 17.6 Å². The molecule has 1 aliphatic heterocycles. The van der Waals surface area contributed by atoms with Crippen LogP contribution >= 0.6 is 0 Å². The number of carbonyl (C=O) groups is 1. The van der Waals surface area contributed by atoms with Crippen LogP contribution in [0.5, 0.6) is 0 Å². The molecule has 1 heterocycles. The fourth-order valence-electron chi connectivity index (χ4n) is 1.50. The number of rotatable bonds is 5. The Kier molecular flexibility index (Phi) is 4.22. The molecule has 0 aromatic rings. The topological polar surface area (TPSA) is 41.1 Å². The Hall–Kier alpha value is -0.570. The first-order valence-electron chi connectivity index (χ1n) is 5.25. The third kappa shape index (κ3) is 3.77. The van der Waals surface area contributed by atoms with Crippen LogP contribution in [0.4, 0.5) is 0 Å². The lowest BCUT2D eigenvalue weighted by atomic mass is 9.99. The Bertz CT molecular complexity index is 166. The molecular weight excluding hydrogens is 164 g/mol. The van der Waals surface area contributed by atoms with E-state index in [1.54, 1.807) is 0 Å². The summed E-state index contributed by atoms with van der Waals surface area (Å²) >= 11 is 0. The van der Waals surface area contributed by atoms with Gasteiger partial charge in [-0.2, -0.15) is 0 Å². The molecule has 2 N–H and O–H groups in total. The Morgan fingerprint density at radius 1 is 1.69 bits per heavy atom. The molecule has 0 aliphatic carbocycles. The van der Waals surface area contributed by atoms with E-state index in [-0.39, 0.29) is 5.91 Å². The summed E-state index contributed by atoms with van der Waals surface area (Å²) in [7, 11) is 0. The zero-order chi connectivity index (χ0) is 9.68. The molecule has 3 heteroatoms. The van der Waals surface area contributed by atoms with Crippen molar-refractivity contribution in [3.8, 4) is 0 Å². The monoisotopic (exact) mass is 184 g/mol. The molecule has 0 bridgehead atoms. The Morgan fingerprint density at radius 2 is 2.38 bits per heavy atom. The van der Waals surface area contributed by atoms with E-state index in [9.17, 15) is 4.79 Å². The van der Waals surface area contributed by atoms with Gasteiger partial charge in [0.2, 0.25) is 5.91 Å². The first-order chi connectivity index (χ1) is 6.22. The summed E-state index contributed by atoms with van der Waals surface area (Å²) in [5, 5.41) is 6.32. The lowest BCUT2D eigenvalue weighted by Gasteiger charge is -2.28. The number of hydrogen-bond donors (Lipinski definition) is 2. The highest BCUT2D eigenvalue weighted by Crippen LogP contribution is 2.10. The lowest BCUT2D eigenvalue weighted by molar-refractivity contribution is -0.121. The SMILES string of the molecule is CCC(=O)NC(C)CCC1CCN1. The van der Waals surface area contributed by atoms with E-state index >= 15 is 0 Å². The van der Waals surface area contributed by atoms with Gasteiger partial charge >= 0.3 is 0 Å². The van der Waals surface area contributed by atoms with Crippen molar-refractivity contribution < 1.29 is 4.79 Å². The summed E-state index contributed by atoms with van der Waals surface area (Å²) in [5.41, 5.74) is 0. The highest BCUT2D eigenvalue weighted by atomic mass is 16.1. The van der Waals surface area contributed by atoms with Gasteiger partial charge in [0, 0.05) is 18.5 Å². The molecule has 13 heavy (non-hydrogen) atoms. The van der Waals surface area contributed by atoms with Crippen molar-refractivity contribution in [3.63, 3.8) is 0 Å². The molecule has 1 aliphatic rings. The molecule has 2 unspecified atom stereocenters. The summed E-state index contributed by atoms with van der Waals surface area (Å²) in [6, 6.07) is 1.04. The molecular formula is C10H20N2O. The number of carbonyl (C=O) groups excluding carboxylic acids is 1. The van der Waals surface area contributed by atoms with E-state index < -0.39 is 0 Å². The minimum atomic E-state index is 0.161. The maximum atomic E-state index is 11.0. The van der Waals surface area contributed by atoms with Gasteiger partial charge in [0.15, 0.2) is 0 Å². The molecule has 1 rings (SSSR count). The highest BCUT2D eigenvalue weighted by molar-refractivity contribution is 5.75. The summed E-state index contributed by atoms with van der Waals surface area (Å²) < 4.78 is 0. The molecule has 0 aromatic carbocycles. The fourth-order valence-corrected chi connectivity index (χ4v) is 1.50. The zero-order valence-corrected chi connectivity index (χ0v) is 8.60. The molecule has 0 spiro atoms. The maximum absolute atomic E-state index is 11.0. The van der Waals surface area contributed by atoms with Crippen molar-refractivity contribution in [2.45, 2.75) is 51.6 Å². The van der Waals surface area contributed by atoms with Crippen LogP contribution in [0.25, 0.3) is 0 Å². The average molecular weight is 184 g/mol. The van der Waals surface area contributed by atoms with Crippen LogP contribution in [0, 0.1) is 0 Å². The Morgan fingerprint density at radius 3 is 2.85 bits per heavy atom.